The van der Waals surface area contributed by atoms with Crippen LogP contribution in [0.2, 0.25) is 0 Å². The van der Waals surface area contributed by atoms with Gasteiger partial charge in [-0.25, -0.2) is 9.97 Å². The molecule has 4 heteroatoms. The van der Waals surface area contributed by atoms with Gasteiger partial charge in [0.25, 0.3) is 0 Å². The number of aromatic nitrogens is 2. The van der Waals surface area contributed by atoms with E-state index >= 15 is 0 Å². The third-order valence-electron chi connectivity index (χ3n) is 3.65. The highest BCUT2D eigenvalue weighted by Gasteiger charge is 2.22. The van der Waals surface area contributed by atoms with Crippen LogP contribution < -0.4 is 11.1 Å². The quantitative estimate of drug-likeness (QED) is 0.827. The summed E-state index contributed by atoms with van der Waals surface area (Å²) in [4.78, 5) is 8.52. The Morgan fingerprint density at radius 1 is 1.32 bits per heavy atom. The lowest BCUT2D eigenvalue weighted by atomic mass is 10.1. The first-order valence-corrected chi connectivity index (χ1v) is 6.72. The van der Waals surface area contributed by atoms with Crippen LogP contribution in [0, 0.1) is 0 Å². The molecule has 3 N–H and O–H groups in total. The van der Waals surface area contributed by atoms with Crippen LogP contribution in [0.25, 0.3) is 0 Å². The van der Waals surface area contributed by atoms with E-state index < -0.39 is 0 Å². The van der Waals surface area contributed by atoms with Crippen LogP contribution in [0.15, 0.2) is 30.6 Å². The summed E-state index contributed by atoms with van der Waals surface area (Å²) in [5.74, 6) is 0.904. The molecule has 1 unspecified atom stereocenters. The molecule has 0 fully saturated rings. The minimum Gasteiger partial charge on any atom is -0.399 e. The Morgan fingerprint density at radius 2 is 2.21 bits per heavy atom. The minimum absolute atomic E-state index is 0.329. The molecule has 0 saturated heterocycles. The molecule has 0 spiro atoms. The second-order valence-electron chi connectivity index (χ2n) is 4.94. The molecule has 1 aliphatic rings. The fourth-order valence-electron chi connectivity index (χ4n) is 2.64. The van der Waals surface area contributed by atoms with Crippen molar-refractivity contribution in [3.05, 3.63) is 47.4 Å². The summed E-state index contributed by atoms with van der Waals surface area (Å²) >= 11 is 0. The van der Waals surface area contributed by atoms with Gasteiger partial charge < -0.3 is 11.1 Å². The first kappa shape index (κ1) is 12.0. The van der Waals surface area contributed by atoms with Crippen LogP contribution in [-0.4, -0.2) is 9.97 Å². The van der Waals surface area contributed by atoms with Gasteiger partial charge in [0.2, 0.25) is 0 Å². The van der Waals surface area contributed by atoms with Crippen LogP contribution in [0.3, 0.4) is 0 Å². The first-order chi connectivity index (χ1) is 9.26. The lowest BCUT2D eigenvalue weighted by Crippen LogP contribution is -2.09. The van der Waals surface area contributed by atoms with E-state index in [1.54, 1.807) is 6.33 Å². The molecule has 0 amide bonds. The summed E-state index contributed by atoms with van der Waals surface area (Å²) in [6.45, 7) is 2.10. The van der Waals surface area contributed by atoms with E-state index in [2.05, 4.69) is 34.3 Å². The lowest BCUT2D eigenvalue weighted by molar-refractivity contribution is 0.755. The van der Waals surface area contributed by atoms with Crippen molar-refractivity contribution >= 4 is 11.5 Å². The molecular formula is C15H18N4. The number of benzene rings is 1. The lowest BCUT2D eigenvalue weighted by Gasteiger charge is -2.15. The van der Waals surface area contributed by atoms with Crippen molar-refractivity contribution in [1.82, 2.24) is 9.97 Å². The number of rotatable bonds is 3. The van der Waals surface area contributed by atoms with Gasteiger partial charge in [0.15, 0.2) is 0 Å². The molecule has 1 aromatic carbocycles. The van der Waals surface area contributed by atoms with Gasteiger partial charge >= 0.3 is 0 Å². The second-order valence-corrected chi connectivity index (χ2v) is 4.94. The largest absolute Gasteiger partial charge is 0.399 e. The molecule has 19 heavy (non-hydrogen) atoms. The highest BCUT2D eigenvalue weighted by Crippen LogP contribution is 2.34. The van der Waals surface area contributed by atoms with Crippen molar-refractivity contribution in [3.63, 3.8) is 0 Å². The number of nitrogen functional groups attached to an aromatic ring is 1. The van der Waals surface area contributed by atoms with E-state index in [-0.39, 0.29) is 0 Å². The molecule has 98 valence electrons. The van der Waals surface area contributed by atoms with E-state index in [9.17, 15) is 0 Å². The molecule has 2 aromatic rings. The topological polar surface area (TPSA) is 63.8 Å². The first-order valence-electron chi connectivity index (χ1n) is 6.72. The fraction of sp³-hybridized carbons (Fsp3) is 0.333. The Bertz CT molecular complexity index is 594. The van der Waals surface area contributed by atoms with Crippen molar-refractivity contribution in [2.24, 2.45) is 0 Å². The van der Waals surface area contributed by atoms with E-state index in [0.29, 0.717) is 6.04 Å². The number of aryl methyl sites for hydroxylation is 2. The number of fused-ring (bicyclic) bond motifs is 1. The molecule has 0 radical (unpaired) electrons. The van der Waals surface area contributed by atoms with Crippen LogP contribution in [0.1, 0.15) is 36.2 Å². The van der Waals surface area contributed by atoms with Crippen LogP contribution in [0.5, 0.6) is 0 Å². The van der Waals surface area contributed by atoms with Crippen LogP contribution in [-0.2, 0) is 12.8 Å². The number of nitrogens with two attached hydrogens (primary N) is 1. The zero-order valence-corrected chi connectivity index (χ0v) is 11.1. The average molecular weight is 254 g/mol. The Hall–Kier alpha value is -2.10. The molecule has 4 nitrogen and oxygen atoms in total. The van der Waals surface area contributed by atoms with E-state index in [1.807, 2.05) is 12.1 Å². The van der Waals surface area contributed by atoms with Gasteiger partial charge in [-0.2, -0.15) is 0 Å². The summed E-state index contributed by atoms with van der Waals surface area (Å²) in [5.41, 5.74) is 10.4. The maximum absolute atomic E-state index is 5.83. The molecule has 1 aliphatic carbocycles. The van der Waals surface area contributed by atoms with Crippen molar-refractivity contribution in [2.75, 3.05) is 11.1 Å². The summed E-state index contributed by atoms with van der Waals surface area (Å²) < 4.78 is 0. The van der Waals surface area contributed by atoms with Crippen molar-refractivity contribution < 1.29 is 0 Å². The smallest absolute Gasteiger partial charge is 0.130 e. The summed E-state index contributed by atoms with van der Waals surface area (Å²) in [6.07, 6.45) is 4.71. The van der Waals surface area contributed by atoms with E-state index in [4.69, 9.17) is 5.73 Å². The van der Waals surface area contributed by atoms with Gasteiger partial charge in [0.1, 0.15) is 12.1 Å². The normalized spacial score (nSPS) is 17.2. The van der Waals surface area contributed by atoms with Gasteiger partial charge in [-0.1, -0.05) is 13.0 Å². The molecule has 0 bridgehead atoms. The standard InChI is InChI=1S/C15H18N4/c1-2-12-8-15(18-9-17-12)19-14-6-3-10-7-11(16)4-5-13(10)14/h4-5,7-9,14H,2-3,6,16H2,1H3,(H,17,18,19). The molecule has 1 heterocycles. The zero-order chi connectivity index (χ0) is 13.2. The fourth-order valence-corrected chi connectivity index (χ4v) is 2.64. The van der Waals surface area contributed by atoms with E-state index in [0.717, 1.165) is 36.5 Å². The van der Waals surface area contributed by atoms with Gasteiger partial charge in [0.05, 0.1) is 6.04 Å². The third-order valence-corrected chi connectivity index (χ3v) is 3.65. The number of anilines is 2. The molecule has 3 rings (SSSR count). The monoisotopic (exact) mass is 254 g/mol. The van der Waals surface area contributed by atoms with E-state index in [1.165, 1.54) is 11.1 Å². The van der Waals surface area contributed by atoms with Crippen LogP contribution in [0.4, 0.5) is 11.5 Å². The van der Waals surface area contributed by atoms with Crippen molar-refractivity contribution in [2.45, 2.75) is 32.2 Å². The molecular weight excluding hydrogens is 236 g/mol. The van der Waals surface area contributed by atoms with Crippen molar-refractivity contribution in [1.29, 1.82) is 0 Å². The number of nitrogens with one attached hydrogen (secondary N) is 1. The minimum atomic E-state index is 0.329. The number of hydrogen-bond acceptors (Lipinski definition) is 4. The SMILES string of the molecule is CCc1cc(NC2CCc3cc(N)ccc32)ncn1. The Kier molecular flexibility index (Phi) is 3.07. The summed E-state index contributed by atoms with van der Waals surface area (Å²) in [6, 6.07) is 8.52. The molecule has 0 aliphatic heterocycles. The van der Waals surface area contributed by atoms with Gasteiger partial charge in [0, 0.05) is 17.4 Å². The Labute approximate surface area is 113 Å². The zero-order valence-electron chi connectivity index (χ0n) is 11.1. The van der Waals surface area contributed by atoms with Gasteiger partial charge in [-0.3, -0.25) is 0 Å². The Morgan fingerprint density at radius 3 is 3.05 bits per heavy atom. The average Bonchev–Trinajstić information content (AvgIpc) is 2.81. The van der Waals surface area contributed by atoms with Gasteiger partial charge in [-0.15, -0.1) is 0 Å². The Balaban J connectivity index is 1.82. The maximum atomic E-state index is 5.83. The predicted octanol–water partition coefficient (Wildman–Crippen LogP) is 2.72. The molecule has 1 aromatic heterocycles. The number of nitrogens with zero attached hydrogens (tertiary/aromatic N) is 2. The second kappa shape index (κ2) is 4.88. The van der Waals surface area contributed by atoms with Crippen LogP contribution >= 0.6 is 0 Å². The highest BCUT2D eigenvalue weighted by molar-refractivity contribution is 5.50. The summed E-state index contributed by atoms with van der Waals surface area (Å²) in [7, 11) is 0. The number of hydrogen-bond donors (Lipinski definition) is 2. The molecule has 0 saturated carbocycles. The maximum Gasteiger partial charge on any atom is 0.130 e. The van der Waals surface area contributed by atoms with Crippen molar-refractivity contribution in [3.8, 4) is 0 Å². The third kappa shape index (κ3) is 2.38. The van der Waals surface area contributed by atoms with Gasteiger partial charge in [-0.05, 0) is 42.5 Å². The molecule has 1 atom stereocenters. The highest BCUT2D eigenvalue weighted by atomic mass is 15.0. The predicted molar refractivity (Wildman–Crippen MR) is 76.9 cm³/mol. The summed E-state index contributed by atoms with van der Waals surface area (Å²) in [5, 5.41) is 3.50.